The minimum absolute atomic E-state index is 0.116. The molecule has 0 aliphatic heterocycles. The van der Waals surface area contributed by atoms with E-state index in [1.54, 1.807) is 12.1 Å². The number of rotatable bonds is 5. The molecule has 0 saturated carbocycles. The summed E-state index contributed by atoms with van der Waals surface area (Å²) in [5.41, 5.74) is 5.98. The van der Waals surface area contributed by atoms with Gasteiger partial charge in [0.1, 0.15) is 0 Å². The second-order valence-corrected chi connectivity index (χ2v) is 6.67. The van der Waals surface area contributed by atoms with Gasteiger partial charge in [0.05, 0.1) is 4.90 Å². The van der Waals surface area contributed by atoms with Crippen LogP contribution < -0.4 is 10.9 Å². The molecule has 1 aromatic carbocycles. The Morgan fingerprint density at radius 1 is 1.41 bits per heavy atom. The molecule has 0 aliphatic rings. The molecule has 1 rings (SSSR count). The lowest BCUT2D eigenvalue weighted by atomic mass is 10.2. The summed E-state index contributed by atoms with van der Waals surface area (Å²) in [5.74, 6) is 1.40. The maximum atomic E-state index is 11.4. The Morgan fingerprint density at radius 3 is 2.59 bits per heavy atom. The molecular weight excluding hydrogens is 256 g/mol. The first-order valence-electron chi connectivity index (χ1n) is 5.39. The van der Waals surface area contributed by atoms with Crippen molar-refractivity contribution in [3.05, 3.63) is 18.2 Å². The van der Waals surface area contributed by atoms with Crippen LogP contribution in [0.1, 0.15) is 20.3 Å². The highest BCUT2D eigenvalue weighted by atomic mass is 32.2. The summed E-state index contributed by atoms with van der Waals surface area (Å²) < 4.78 is 22.9. The van der Waals surface area contributed by atoms with Crippen LogP contribution in [0, 0.1) is 5.92 Å². The number of hydrogen-bond acceptors (Lipinski definition) is 4. The van der Waals surface area contributed by atoms with Gasteiger partial charge >= 0.3 is 0 Å². The summed E-state index contributed by atoms with van der Waals surface area (Å²) in [6, 6.07) is 4.81. The predicted octanol–water partition coefficient (Wildman–Crippen LogP) is 2.05. The highest BCUT2D eigenvalue weighted by Gasteiger charge is 2.15. The van der Waals surface area contributed by atoms with Crippen molar-refractivity contribution in [2.24, 2.45) is 11.1 Å². The molecule has 4 N–H and O–H groups in total. The molecule has 0 radical (unpaired) electrons. The fraction of sp³-hybridized carbons (Fsp3) is 0.455. The molecule has 6 heteroatoms. The van der Waals surface area contributed by atoms with Crippen LogP contribution in [0.2, 0.25) is 0 Å². The first-order chi connectivity index (χ1) is 7.84. The van der Waals surface area contributed by atoms with Gasteiger partial charge in [-0.25, -0.2) is 13.6 Å². The first kappa shape index (κ1) is 14.3. The summed E-state index contributed by atoms with van der Waals surface area (Å²) in [5, 5.41) is 5.17. The molecular formula is C11H18N2O2S2. The molecule has 0 saturated heterocycles. The zero-order chi connectivity index (χ0) is 13.1. The zero-order valence-electron chi connectivity index (χ0n) is 10.0. The lowest BCUT2D eigenvalue weighted by Crippen LogP contribution is -2.14. The number of sulfonamides is 1. The van der Waals surface area contributed by atoms with Gasteiger partial charge in [-0.2, -0.15) is 0 Å². The molecule has 0 heterocycles. The van der Waals surface area contributed by atoms with Crippen molar-refractivity contribution in [2.45, 2.75) is 30.1 Å². The molecule has 17 heavy (non-hydrogen) atoms. The monoisotopic (exact) mass is 274 g/mol. The van der Waals surface area contributed by atoms with Crippen molar-refractivity contribution in [1.29, 1.82) is 0 Å². The van der Waals surface area contributed by atoms with Crippen LogP contribution in [-0.4, -0.2) is 14.2 Å². The van der Waals surface area contributed by atoms with Gasteiger partial charge in [0.2, 0.25) is 10.0 Å². The predicted molar refractivity (Wildman–Crippen MR) is 72.4 cm³/mol. The molecule has 96 valence electrons. The van der Waals surface area contributed by atoms with Crippen molar-refractivity contribution in [2.75, 3.05) is 11.5 Å². The number of thioether (sulfide) groups is 1. The third-order valence-electron chi connectivity index (χ3n) is 2.49. The topological polar surface area (TPSA) is 86.2 Å². The van der Waals surface area contributed by atoms with E-state index in [1.165, 1.54) is 17.8 Å². The third-order valence-corrected chi connectivity index (χ3v) is 4.98. The van der Waals surface area contributed by atoms with E-state index < -0.39 is 10.0 Å². The van der Waals surface area contributed by atoms with Gasteiger partial charge < -0.3 is 5.73 Å². The Balaban J connectivity index is 3.00. The number of nitrogen functional groups attached to an aromatic ring is 1. The largest absolute Gasteiger partial charge is 0.399 e. The summed E-state index contributed by atoms with van der Waals surface area (Å²) in [7, 11) is -3.71. The lowest BCUT2D eigenvalue weighted by Gasteiger charge is -2.11. The van der Waals surface area contributed by atoms with Gasteiger partial charge in [-0.1, -0.05) is 20.3 Å². The van der Waals surface area contributed by atoms with E-state index in [0.717, 1.165) is 12.2 Å². The van der Waals surface area contributed by atoms with Crippen molar-refractivity contribution in [3.8, 4) is 0 Å². The molecule has 0 aliphatic carbocycles. The Bertz CT molecular complexity index is 486. The minimum Gasteiger partial charge on any atom is -0.399 e. The maximum Gasteiger partial charge on any atom is 0.239 e. The van der Waals surface area contributed by atoms with E-state index in [4.69, 9.17) is 10.9 Å². The molecule has 1 atom stereocenters. The average molecular weight is 274 g/mol. The van der Waals surface area contributed by atoms with E-state index in [2.05, 4.69) is 13.8 Å². The second kappa shape index (κ2) is 5.75. The molecule has 0 aromatic heterocycles. The molecule has 0 amide bonds. The summed E-state index contributed by atoms with van der Waals surface area (Å²) in [6.07, 6.45) is 1.06. The van der Waals surface area contributed by atoms with Crippen LogP contribution >= 0.6 is 11.8 Å². The summed E-state index contributed by atoms with van der Waals surface area (Å²) >= 11 is 1.50. The Hall–Kier alpha value is -0.720. The molecule has 1 aromatic rings. The highest BCUT2D eigenvalue weighted by Crippen LogP contribution is 2.29. The van der Waals surface area contributed by atoms with E-state index in [9.17, 15) is 8.42 Å². The smallest absolute Gasteiger partial charge is 0.239 e. The van der Waals surface area contributed by atoms with E-state index in [1.807, 2.05) is 0 Å². The van der Waals surface area contributed by atoms with Crippen molar-refractivity contribution < 1.29 is 8.42 Å². The van der Waals surface area contributed by atoms with Crippen LogP contribution in [0.3, 0.4) is 0 Å². The van der Waals surface area contributed by atoms with E-state index >= 15 is 0 Å². The van der Waals surface area contributed by atoms with E-state index in [-0.39, 0.29) is 4.90 Å². The average Bonchev–Trinajstić information content (AvgIpc) is 2.25. The van der Waals surface area contributed by atoms with Crippen molar-refractivity contribution in [3.63, 3.8) is 0 Å². The molecule has 4 nitrogen and oxygen atoms in total. The fourth-order valence-corrected chi connectivity index (χ4v) is 3.46. The third kappa shape index (κ3) is 4.22. The van der Waals surface area contributed by atoms with Crippen molar-refractivity contribution in [1.82, 2.24) is 0 Å². The van der Waals surface area contributed by atoms with Gasteiger partial charge in [0.25, 0.3) is 0 Å². The normalized spacial score (nSPS) is 13.6. The highest BCUT2D eigenvalue weighted by molar-refractivity contribution is 8.00. The quantitative estimate of drug-likeness (QED) is 0.635. The van der Waals surface area contributed by atoms with Gasteiger partial charge in [0, 0.05) is 16.3 Å². The summed E-state index contributed by atoms with van der Waals surface area (Å²) in [6.45, 7) is 4.23. The molecule has 0 fully saturated rings. The number of nitrogens with two attached hydrogens (primary N) is 2. The van der Waals surface area contributed by atoms with Crippen molar-refractivity contribution >= 4 is 27.5 Å². The maximum absolute atomic E-state index is 11.4. The molecule has 0 spiro atoms. The van der Waals surface area contributed by atoms with Crippen LogP contribution in [0.15, 0.2) is 28.0 Å². The van der Waals surface area contributed by atoms with Gasteiger partial charge in [-0.3, -0.25) is 0 Å². The number of benzene rings is 1. The molecule has 1 unspecified atom stereocenters. The van der Waals surface area contributed by atoms with Crippen LogP contribution in [0.25, 0.3) is 0 Å². The summed E-state index contributed by atoms with van der Waals surface area (Å²) in [4.78, 5) is 0.785. The Morgan fingerprint density at radius 2 is 2.06 bits per heavy atom. The van der Waals surface area contributed by atoms with Crippen LogP contribution in [0.5, 0.6) is 0 Å². The Labute approximate surface area is 107 Å². The number of hydrogen-bond donors (Lipinski definition) is 2. The second-order valence-electron chi connectivity index (χ2n) is 4.08. The fourth-order valence-electron chi connectivity index (χ4n) is 1.22. The number of primary sulfonamides is 1. The minimum atomic E-state index is -3.71. The number of anilines is 1. The standard InChI is InChI=1S/C11H18N2O2S2/c1-3-8(2)7-16-10-5-4-9(12)6-11(10)17(13,14)15/h4-6,8H,3,7,12H2,1-2H3,(H2,13,14,15). The van der Waals surface area contributed by atoms with Gasteiger partial charge in [-0.15, -0.1) is 11.8 Å². The zero-order valence-corrected chi connectivity index (χ0v) is 11.6. The van der Waals surface area contributed by atoms with Gasteiger partial charge in [-0.05, 0) is 24.1 Å². The Kier molecular flexibility index (Phi) is 4.85. The lowest BCUT2D eigenvalue weighted by molar-refractivity contribution is 0.595. The first-order valence-corrected chi connectivity index (χ1v) is 7.93. The van der Waals surface area contributed by atoms with Gasteiger partial charge in [0.15, 0.2) is 0 Å². The van der Waals surface area contributed by atoms with Crippen LogP contribution in [0.4, 0.5) is 5.69 Å². The SMILES string of the molecule is CCC(C)CSc1ccc(N)cc1S(N)(=O)=O. The van der Waals surface area contributed by atoms with Crippen LogP contribution in [-0.2, 0) is 10.0 Å². The molecule has 0 bridgehead atoms. The van der Waals surface area contributed by atoms with E-state index in [0.29, 0.717) is 16.5 Å².